The highest BCUT2D eigenvalue weighted by Crippen LogP contribution is 2.41. The molecule has 0 unspecified atom stereocenters. The smallest absolute Gasteiger partial charge is 0.271 e. The Morgan fingerprint density at radius 2 is 1.84 bits per heavy atom. The maximum atomic E-state index is 13.6. The first kappa shape index (κ1) is 19.7. The first-order valence-corrected chi connectivity index (χ1v) is 9.80. The van der Waals surface area contributed by atoms with E-state index in [4.69, 9.17) is 16.0 Å². The largest absolute Gasteiger partial charge is 0.439 e. The Morgan fingerprint density at radius 3 is 2.59 bits per heavy atom. The molecular formula is C23H12ClN3O5. The number of halogens is 1. The minimum absolute atomic E-state index is 0.0305. The van der Waals surface area contributed by atoms with Crippen molar-refractivity contribution in [3.63, 3.8) is 0 Å². The molecule has 0 N–H and O–H groups in total. The SMILES string of the molecule is O=C(c1ccccc1)N1c2ccc([N+](=O)[O-])cc2N=Cc2c1oc1ccc(Cl)cc1c2=O. The standard InChI is InChI=1S/C23H12ClN3O5/c24-14-6-9-20-16(10-14)21(28)17-12-25-18-11-15(27(30)31)7-8-19(18)26(23(17)32-20)22(29)13-4-2-1-3-5-13/h1-12H. The summed E-state index contributed by atoms with van der Waals surface area (Å²) in [6, 6.07) is 16.9. The van der Waals surface area contributed by atoms with Crippen molar-refractivity contribution in [1.82, 2.24) is 0 Å². The van der Waals surface area contributed by atoms with E-state index in [9.17, 15) is 19.7 Å². The van der Waals surface area contributed by atoms with Crippen LogP contribution in [0.25, 0.3) is 11.0 Å². The van der Waals surface area contributed by atoms with Gasteiger partial charge in [0.25, 0.3) is 11.6 Å². The second kappa shape index (κ2) is 7.44. The van der Waals surface area contributed by atoms with Gasteiger partial charge in [0.15, 0.2) is 0 Å². The van der Waals surface area contributed by atoms with E-state index >= 15 is 0 Å². The van der Waals surface area contributed by atoms with E-state index in [1.807, 2.05) is 0 Å². The molecule has 1 amide bonds. The van der Waals surface area contributed by atoms with E-state index in [-0.39, 0.29) is 39.5 Å². The fourth-order valence-electron chi connectivity index (χ4n) is 3.52. The molecule has 156 valence electrons. The van der Waals surface area contributed by atoms with Crippen molar-refractivity contribution >= 4 is 57.6 Å². The highest BCUT2D eigenvalue weighted by Gasteiger charge is 2.31. The van der Waals surface area contributed by atoms with Gasteiger partial charge in [-0.25, -0.2) is 4.90 Å². The predicted molar refractivity (Wildman–Crippen MR) is 121 cm³/mol. The minimum Gasteiger partial charge on any atom is -0.439 e. The lowest BCUT2D eigenvalue weighted by Crippen LogP contribution is -2.28. The maximum Gasteiger partial charge on any atom is 0.271 e. The summed E-state index contributed by atoms with van der Waals surface area (Å²) in [5, 5.41) is 11.8. The molecule has 0 radical (unpaired) electrons. The van der Waals surface area contributed by atoms with Gasteiger partial charge in [-0.15, -0.1) is 0 Å². The monoisotopic (exact) mass is 445 g/mol. The number of anilines is 2. The van der Waals surface area contributed by atoms with Crippen LogP contribution in [0.3, 0.4) is 0 Å². The number of rotatable bonds is 2. The molecule has 0 aliphatic carbocycles. The van der Waals surface area contributed by atoms with Crippen molar-refractivity contribution < 1.29 is 14.1 Å². The number of carbonyl (C=O) groups excluding carboxylic acids is 1. The average molecular weight is 446 g/mol. The van der Waals surface area contributed by atoms with Crippen molar-refractivity contribution in [2.75, 3.05) is 4.90 Å². The van der Waals surface area contributed by atoms with E-state index in [0.29, 0.717) is 10.6 Å². The summed E-state index contributed by atoms with van der Waals surface area (Å²) >= 11 is 6.04. The first-order chi connectivity index (χ1) is 15.4. The second-order valence-electron chi connectivity index (χ2n) is 6.99. The van der Waals surface area contributed by atoms with Gasteiger partial charge in [0.05, 0.1) is 21.7 Å². The van der Waals surface area contributed by atoms with Gasteiger partial charge in [0, 0.05) is 28.9 Å². The van der Waals surface area contributed by atoms with Crippen molar-refractivity contribution in [3.05, 3.63) is 103 Å². The molecule has 0 atom stereocenters. The topological polar surface area (TPSA) is 106 Å². The number of aliphatic imine (C=N–C) groups is 1. The third-order valence-electron chi connectivity index (χ3n) is 5.04. The number of carbonyl (C=O) groups is 1. The number of nitro benzene ring substituents is 1. The molecule has 0 bridgehead atoms. The van der Waals surface area contributed by atoms with Crippen molar-refractivity contribution in [2.24, 2.45) is 4.99 Å². The zero-order valence-corrected chi connectivity index (χ0v) is 16.9. The van der Waals surface area contributed by atoms with Crippen LogP contribution in [-0.2, 0) is 0 Å². The Kier molecular flexibility index (Phi) is 4.57. The third-order valence-corrected chi connectivity index (χ3v) is 5.27. The van der Waals surface area contributed by atoms with Gasteiger partial charge in [-0.1, -0.05) is 29.8 Å². The third kappa shape index (κ3) is 3.14. The molecule has 0 saturated heterocycles. The lowest BCUT2D eigenvalue weighted by molar-refractivity contribution is -0.384. The zero-order valence-electron chi connectivity index (χ0n) is 16.2. The summed E-state index contributed by atoms with van der Waals surface area (Å²) in [5.74, 6) is -0.515. The number of fused-ring (bicyclic) bond motifs is 3. The fourth-order valence-corrected chi connectivity index (χ4v) is 3.69. The second-order valence-corrected chi connectivity index (χ2v) is 7.42. The number of hydrogen-bond donors (Lipinski definition) is 0. The minimum atomic E-state index is -0.559. The van der Waals surface area contributed by atoms with Crippen LogP contribution in [0.15, 0.2) is 80.9 Å². The molecule has 2 heterocycles. The van der Waals surface area contributed by atoms with Gasteiger partial charge >= 0.3 is 0 Å². The molecule has 1 aliphatic rings. The summed E-state index contributed by atoms with van der Waals surface area (Å²) in [6.07, 6.45) is 1.25. The number of hydrogen-bond acceptors (Lipinski definition) is 6. The number of non-ortho nitro benzene ring substituents is 1. The molecule has 9 heteroatoms. The van der Waals surface area contributed by atoms with Crippen LogP contribution >= 0.6 is 11.6 Å². The van der Waals surface area contributed by atoms with Crippen LogP contribution < -0.4 is 10.3 Å². The summed E-state index contributed by atoms with van der Waals surface area (Å²) in [4.78, 5) is 43.0. The zero-order chi connectivity index (χ0) is 22.4. The number of nitro groups is 1. The molecule has 8 nitrogen and oxygen atoms in total. The van der Waals surface area contributed by atoms with E-state index in [1.54, 1.807) is 42.5 Å². The molecule has 5 rings (SSSR count). The van der Waals surface area contributed by atoms with Gasteiger partial charge in [0.2, 0.25) is 11.3 Å². The van der Waals surface area contributed by atoms with Crippen molar-refractivity contribution in [2.45, 2.75) is 0 Å². The number of amides is 1. The molecule has 3 aromatic carbocycles. The quantitative estimate of drug-likeness (QED) is 0.303. The lowest BCUT2D eigenvalue weighted by atomic mass is 10.1. The van der Waals surface area contributed by atoms with E-state index in [0.717, 1.165) is 0 Å². The van der Waals surface area contributed by atoms with Gasteiger partial charge in [-0.3, -0.25) is 24.7 Å². The highest BCUT2D eigenvalue weighted by molar-refractivity contribution is 6.31. The number of benzene rings is 3. The van der Waals surface area contributed by atoms with Crippen molar-refractivity contribution in [1.29, 1.82) is 0 Å². The Balaban J connectivity index is 1.84. The van der Waals surface area contributed by atoms with E-state index < -0.39 is 16.3 Å². The van der Waals surface area contributed by atoms with E-state index in [2.05, 4.69) is 4.99 Å². The van der Waals surface area contributed by atoms with Crippen LogP contribution in [0.1, 0.15) is 15.9 Å². The Morgan fingerprint density at radius 1 is 1.06 bits per heavy atom. The van der Waals surface area contributed by atoms with Crippen molar-refractivity contribution in [3.8, 4) is 0 Å². The Bertz CT molecular complexity index is 1510. The summed E-state index contributed by atoms with van der Waals surface area (Å²) < 4.78 is 6.01. The van der Waals surface area contributed by atoms with Crippen LogP contribution in [-0.4, -0.2) is 17.0 Å². The highest BCUT2D eigenvalue weighted by atomic mass is 35.5. The van der Waals surface area contributed by atoms with Crippen LogP contribution in [0.5, 0.6) is 0 Å². The summed E-state index contributed by atoms with van der Waals surface area (Å²) in [6.45, 7) is 0. The lowest BCUT2D eigenvalue weighted by Gasteiger charge is -2.22. The van der Waals surface area contributed by atoms with Crippen LogP contribution in [0.2, 0.25) is 5.02 Å². The Labute approximate surface area is 185 Å². The fraction of sp³-hybridized carbons (Fsp3) is 0. The van der Waals surface area contributed by atoms with Gasteiger partial charge in [0.1, 0.15) is 11.1 Å². The molecule has 4 aromatic rings. The molecule has 1 aliphatic heterocycles. The first-order valence-electron chi connectivity index (χ1n) is 9.42. The van der Waals surface area contributed by atoms with Gasteiger partial charge < -0.3 is 4.42 Å². The van der Waals surface area contributed by atoms with Crippen LogP contribution in [0, 0.1) is 10.1 Å². The van der Waals surface area contributed by atoms with Gasteiger partial charge in [-0.2, -0.15) is 0 Å². The summed E-state index contributed by atoms with van der Waals surface area (Å²) in [7, 11) is 0. The van der Waals surface area contributed by atoms with Crippen LogP contribution in [0.4, 0.5) is 22.9 Å². The van der Waals surface area contributed by atoms with Gasteiger partial charge in [-0.05, 0) is 36.4 Å². The molecule has 0 fully saturated rings. The predicted octanol–water partition coefficient (Wildman–Crippen LogP) is 5.40. The molecule has 0 saturated carbocycles. The molecular weight excluding hydrogens is 434 g/mol. The average Bonchev–Trinajstić information content (AvgIpc) is 2.96. The Hall–Kier alpha value is -4.30. The summed E-state index contributed by atoms with van der Waals surface area (Å²) in [5.41, 5.74) is 0.373. The molecule has 32 heavy (non-hydrogen) atoms. The van der Waals surface area contributed by atoms with E-state index in [1.165, 1.54) is 35.4 Å². The normalized spacial score (nSPS) is 12.2. The maximum absolute atomic E-state index is 13.6. The number of nitrogens with zero attached hydrogens (tertiary/aromatic N) is 3. The molecule has 1 aromatic heterocycles. The molecule has 0 spiro atoms.